The van der Waals surface area contributed by atoms with E-state index in [1.165, 1.54) is 23.9 Å². The van der Waals surface area contributed by atoms with Gasteiger partial charge < -0.3 is 4.74 Å². The minimum atomic E-state index is -0.415. The zero-order valence-corrected chi connectivity index (χ0v) is 8.38. The van der Waals surface area contributed by atoms with Gasteiger partial charge in [0.2, 0.25) is 5.95 Å². The van der Waals surface area contributed by atoms with E-state index in [0.29, 0.717) is 15.7 Å². The number of hydrogen-bond acceptors (Lipinski definition) is 2. The molecule has 3 nitrogen and oxygen atoms in total. The fourth-order valence-corrected chi connectivity index (χ4v) is 1.63. The molecule has 0 aliphatic rings. The Kier molecular flexibility index (Phi) is 1.95. The van der Waals surface area contributed by atoms with E-state index in [0.717, 1.165) is 0 Å². The third-order valence-corrected chi connectivity index (χ3v) is 2.33. The van der Waals surface area contributed by atoms with E-state index in [9.17, 15) is 4.39 Å². The fraction of sp³-hybridized carbons (Fsp3) is 0.125. The topological polar surface area (TPSA) is 26.5 Å². The van der Waals surface area contributed by atoms with Gasteiger partial charge in [0.1, 0.15) is 11.3 Å². The first-order valence-corrected chi connectivity index (χ1v) is 4.39. The Morgan fingerprint density at radius 3 is 3.00 bits per heavy atom. The second-order valence-corrected chi connectivity index (χ2v) is 3.33. The quantitative estimate of drug-likeness (QED) is 0.720. The molecule has 2 rings (SSSR count). The normalized spacial score (nSPS) is 10.7. The molecule has 5 heteroatoms. The van der Waals surface area contributed by atoms with Crippen LogP contribution in [0.1, 0.15) is 0 Å². The van der Waals surface area contributed by atoms with E-state index in [1.54, 1.807) is 6.07 Å². The lowest BCUT2D eigenvalue weighted by Gasteiger charge is -2.02. The van der Waals surface area contributed by atoms with Gasteiger partial charge in [-0.1, -0.05) is 0 Å². The fourth-order valence-electron chi connectivity index (χ4n) is 1.17. The highest BCUT2D eigenvalue weighted by molar-refractivity contribution is 9.10. The Morgan fingerprint density at radius 2 is 2.31 bits per heavy atom. The van der Waals surface area contributed by atoms with Gasteiger partial charge in [0.15, 0.2) is 0 Å². The summed E-state index contributed by atoms with van der Waals surface area (Å²) in [6.45, 7) is 0. The average molecular weight is 245 g/mol. The minimum absolute atomic E-state index is 0.415. The molecule has 0 spiro atoms. The van der Waals surface area contributed by atoms with Crippen molar-refractivity contribution >= 4 is 21.4 Å². The summed E-state index contributed by atoms with van der Waals surface area (Å²) in [5.74, 6) is 0.173. The molecular weight excluding hydrogens is 239 g/mol. The van der Waals surface area contributed by atoms with Crippen LogP contribution in [0.3, 0.4) is 0 Å². The van der Waals surface area contributed by atoms with Crippen molar-refractivity contribution in [1.82, 2.24) is 9.61 Å². The van der Waals surface area contributed by atoms with Crippen molar-refractivity contribution < 1.29 is 9.13 Å². The molecule has 0 N–H and O–H groups in total. The average Bonchev–Trinajstić information content (AvgIpc) is 2.51. The summed E-state index contributed by atoms with van der Waals surface area (Å²) < 4.78 is 20.1. The van der Waals surface area contributed by atoms with Gasteiger partial charge in [-0.3, -0.25) is 0 Å². The number of hydrogen-bond donors (Lipinski definition) is 0. The maximum absolute atomic E-state index is 13.1. The Bertz CT molecular complexity index is 455. The third-order valence-electron chi connectivity index (χ3n) is 1.75. The van der Waals surface area contributed by atoms with E-state index >= 15 is 0 Å². The van der Waals surface area contributed by atoms with Crippen LogP contribution in [0.4, 0.5) is 4.39 Å². The molecule has 0 fully saturated rings. The second kappa shape index (κ2) is 2.99. The third kappa shape index (κ3) is 1.19. The molecule has 0 radical (unpaired) electrons. The molecule has 0 saturated heterocycles. The summed E-state index contributed by atoms with van der Waals surface area (Å²) >= 11 is 3.26. The van der Waals surface area contributed by atoms with Crippen molar-refractivity contribution in [1.29, 1.82) is 0 Å². The molecule has 0 amide bonds. The van der Waals surface area contributed by atoms with Gasteiger partial charge in [0.05, 0.1) is 17.8 Å². The molecule has 0 aromatic carbocycles. The number of fused-ring (bicyclic) bond motifs is 1. The van der Waals surface area contributed by atoms with Crippen molar-refractivity contribution in [3.05, 3.63) is 28.7 Å². The summed E-state index contributed by atoms with van der Waals surface area (Å²) in [5.41, 5.74) is 0.600. The number of halogens is 2. The first-order chi connectivity index (χ1) is 6.24. The van der Waals surface area contributed by atoms with Crippen molar-refractivity contribution in [2.75, 3.05) is 7.11 Å². The van der Waals surface area contributed by atoms with Gasteiger partial charge in [-0.2, -0.15) is 9.49 Å². The first kappa shape index (κ1) is 8.50. The molecular formula is C8H6BrFN2O. The Balaban J connectivity index is 2.88. The van der Waals surface area contributed by atoms with Gasteiger partial charge in [0, 0.05) is 0 Å². The van der Waals surface area contributed by atoms with E-state index in [1.807, 2.05) is 0 Å². The number of aromatic nitrogens is 2. The zero-order valence-electron chi connectivity index (χ0n) is 6.79. The van der Waals surface area contributed by atoms with E-state index in [2.05, 4.69) is 21.0 Å². The first-order valence-electron chi connectivity index (χ1n) is 3.60. The van der Waals surface area contributed by atoms with E-state index < -0.39 is 5.95 Å². The Morgan fingerprint density at radius 1 is 1.54 bits per heavy atom. The van der Waals surface area contributed by atoms with Crippen LogP contribution in [0.5, 0.6) is 5.75 Å². The smallest absolute Gasteiger partial charge is 0.214 e. The number of ether oxygens (including phenoxy) is 1. The lowest BCUT2D eigenvalue weighted by molar-refractivity contribution is 0.413. The number of rotatable bonds is 1. The van der Waals surface area contributed by atoms with E-state index in [-0.39, 0.29) is 0 Å². The second-order valence-electron chi connectivity index (χ2n) is 2.48. The van der Waals surface area contributed by atoms with Crippen LogP contribution in [0, 0.1) is 5.95 Å². The molecule has 0 aliphatic carbocycles. The molecule has 0 atom stereocenters. The maximum Gasteiger partial charge on any atom is 0.214 e. The predicted molar refractivity (Wildman–Crippen MR) is 49.4 cm³/mol. The van der Waals surface area contributed by atoms with Crippen molar-refractivity contribution in [3.63, 3.8) is 0 Å². The van der Waals surface area contributed by atoms with Crippen LogP contribution >= 0.6 is 15.9 Å². The van der Waals surface area contributed by atoms with Gasteiger partial charge in [-0.05, 0) is 28.1 Å². The summed E-state index contributed by atoms with van der Waals surface area (Å²) in [6, 6.07) is 2.88. The van der Waals surface area contributed by atoms with Gasteiger partial charge in [-0.15, -0.1) is 0 Å². The Labute approximate surface area is 82.2 Å². The van der Waals surface area contributed by atoms with Gasteiger partial charge in [-0.25, -0.2) is 4.52 Å². The summed E-state index contributed by atoms with van der Waals surface area (Å²) in [5, 5.41) is 3.84. The van der Waals surface area contributed by atoms with Crippen LogP contribution in [0.25, 0.3) is 5.52 Å². The molecule has 68 valence electrons. The lowest BCUT2D eigenvalue weighted by Crippen LogP contribution is -1.96. The van der Waals surface area contributed by atoms with Crippen molar-refractivity contribution in [3.8, 4) is 5.75 Å². The van der Waals surface area contributed by atoms with Crippen LogP contribution in [-0.4, -0.2) is 16.7 Å². The maximum atomic E-state index is 13.1. The lowest BCUT2D eigenvalue weighted by atomic mass is 10.4. The van der Waals surface area contributed by atoms with Crippen molar-refractivity contribution in [2.45, 2.75) is 0 Å². The van der Waals surface area contributed by atoms with Crippen LogP contribution in [-0.2, 0) is 0 Å². The standard InChI is InChI=1S/C8H6BrFN2O/c1-13-6-2-3-7(10)12-8(6)5(9)4-11-12/h2-4H,1H3. The monoisotopic (exact) mass is 244 g/mol. The molecule has 2 heterocycles. The van der Waals surface area contributed by atoms with Crippen molar-refractivity contribution in [2.24, 2.45) is 0 Å². The molecule has 2 aromatic rings. The summed E-state index contributed by atoms with van der Waals surface area (Å²) in [4.78, 5) is 0. The molecule has 0 aliphatic heterocycles. The molecule has 0 saturated carbocycles. The summed E-state index contributed by atoms with van der Waals surface area (Å²) in [7, 11) is 1.53. The highest BCUT2D eigenvalue weighted by atomic mass is 79.9. The van der Waals surface area contributed by atoms with Crippen LogP contribution in [0.2, 0.25) is 0 Å². The zero-order chi connectivity index (χ0) is 9.42. The Hall–Kier alpha value is -1.10. The van der Waals surface area contributed by atoms with Gasteiger partial charge >= 0.3 is 0 Å². The predicted octanol–water partition coefficient (Wildman–Crippen LogP) is 2.24. The number of nitrogens with zero attached hydrogens (tertiary/aromatic N) is 2. The van der Waals surface area contributed by atoms with Crippen LogP contribution in [0.15, 0.2) is 22.8 Å². The molecule has 13 heavy (non-hydrogen) atoms. The SMILES string of the molecule is COc1ccc(F)n2ncc(Br)c12. The number of methoxy groups -OCH3 is 1. The molecule has 0 bridgehead atoms. The van der Waals surface area contributed by atoms with Gasteiger partial charge in [0.25, 0.3) is 0 Å². The highest BCUT2D eigenvalue weighted by Crippen LogP contribution is 2.27. The number of pyridine rings is 1. The molecule has 0 unspecified atom stereocenters. The minimum Gasteiger partial charge on any atom is -0.494 e. The highest BCUT2D eigenvalue weighted by Gasteiger charge is 2.10. The van der Waals surface area contributed by atoms with Crippen LogP contribution < -0.4 is 4.74 Å². The van der Waals surface area contributed by atoms with E-state index in [4.69, 9.17) is 4.74 Å². The summed E-state index contributed by atoms with van der Waals surface area (Å²) in [6.07, 6.45) is 1.53. The largest absolute Gasteiger partial charge is 0.494 e. The molecule has 2 aromatic heterocycles.